The van der Waals surface area contributed by atoms with Crippen molar-refractivity contribution in [3.05, 3.63) is 17.0 Å². The Balaban J connectivity index is 1.81. The molecule has 124 valence electrons. The molecular formula is C14H18BrN5O3. The molecule has 4 atom stereocenters. The number of nitrogens with two attached hydrogens (primary N) is 2. The van der Waals surface area contributed by atoms with Gasteiger partial charge in [-0.25, -0.2) is 9.97 Å². The summed E-state index contributed by atoms with van der Waals surface area (Å²) in [6.07, 6.45) is 2.21. The molecule has 2 aromatic rings. The lowest BCUT2D eigenvalue weighted by molar-refractivity contribution is -0.195. The number of halogens is 1. The lowest BCUT2D eigenvalue weighted by Gasteiger charge is -2.24. The van der Waals surface area contributed by atoms with Gasteiger partial charge in [0.05, 0.1) is 5.39 Å². The Hall–Kier alpha value is -1.26. The number of hydrogen-bond acceptors (Lipinski definition) is 7. The number of anilines is 1. The first kappa shape index (κ1) is 15.3. The molecule has 8 nitrogen and oxygen atoms in total. The van der Waals surface area contributed by atoms with E-state index in [9.17, 15) is 0 Å². The molecule has 0 spiro atoms. The van der Waals surface area contributed by atoms with Gasteiger partial charge in [0.1, 0.15) is 36.1 Å². The molecule has 9 heteroatoms. The molecule has 2 fully saturated rings. The lowest BCUT2D eigenvalue weighted by atomic mass is 10.1. The highest BCUT2D eigenvalue weighted by molar-refractivity contribution is 9.10. The standard InChI is InChI=1S/C14H18BrN5O3/c1-14(2)22-9-7(3-16)21-13(10(9)23-14)20-4-6(15)8-11(17)18-5-19-12(8)20/h4-5,7,9-10,13H,3,16H2,1-2H3,(H2,17,18,19)/t7-,9-,10-,13-/m1/s1. The molecule has 0 radical (unpaired) electrons. The monoisotopic (exact) mass is 383 g/mol. The molecule has 0 saturated carbocycles. The van der Waals surface area contributed by atoms with Gasteiger partial charge in [-0.2, -0.15) is 0 Å². The first-order valence-corrected chi connectivity index (χ1v) is 8.18. The summed E-state index contributed by atoms with van der Waals surface area (Å²) >= 11 is 3.51. The van der Waals surface area contributed by atoms with Gasteiger partial charge < -0.3 is 30.2 Å². The van der Waals surface area contributed by atoms with Crippen LogP contribution in [0, 0.1) is 0 Å². The Bertz CT molecular complexity index is 764. The Morgan fingerprint density at radius 2 is 2.04 bits per heavy atom. The quantitative estimate of drug-likeness (QED) is 0.799. The van der Waals surface area contributed by atoms with Crippen molar-refractivity contribution in [2.24, 2.45) is 5.73 Å². The number of hydrogen-bond donors (Lipinski definition) is 2. The van der Waals surface area contributed by atoms with Crippen LogP contribution in [0.2, 0.25) is 0 Å². The van der Waals surface area contributed by atoms with Gasteiger partial charge in [0.25, 0.3) is 0 Å². The molecular weight excluding hydrogens is 366 g/mol. The fraction of sp³-hybridized carbons (Fsp3) is 0.571. The Morgan fingerprint density at radius 1 is 1.30 bits per heavy atom. The van der Waals surface area contributed by atoms with Crippen molar-refractivity contribution >= 4 is 32.8 Å². The molecule has 4 N–H and O–H groups in total. The maximum absolute atomic E-state index is 6.08. The van der Waals surface area contributed by atoms with Gasteiger partial charge in [-0.15, -0.1) is 0 Å². The molecule has 4 heterocycles. The predicted octanol–water partition coefficient (Wildman–Crippen LogP) is 1.15. The third kappa shape index (κ3) is 2.26. The number of ether oxygens (including phenoxy) is 3. The summed E-state index contributed by atoms with van der Waals surface area (Å²) in [5.74, 6) is -0.256. The highest BCUT2D eigenvalue weighted by Gasteiger charge is 2.55. The van der Waals surface area contributed by atoms with Crippen LogP contribution in [0.3, 0.4) is 0 Å². The Morgan fingerprint density at radius 3 is 2.78 bits per heavy atom. The maximum atomic E-state index is 6.08. The average Bonchev–Trinajstić information content (AvgIpc) is 3.08. The van der Waals surface area contributed by atoms with Gasteiger partial charge in [-0.1, -0.05) is 0 Å². The summed E-state index contributed by atoms with van der Waals surface area (Å²) in [6.45, 7) is 4.13. The van der Waals surface area contributed by atoms with Crippen LogP contribution in [0.1, 0.15) is 20.1 Å². The van der Waals surface area contributed by atoms with Gasteiger partial charge in [0.2, 0.25) is 0 Å². The van der Waals surface area contributed by atoms with Gasteiger partial charge >= 0.3 is 0 Å². The highest BCUT2D eigenvalue weighted by atomic mass is 79.9. The van der Waals surface area contributed by atoms with Crippen molar-refractivity contribution in [3.63, 3.8) is 0 Å². The van der Waals surface area contributed by atoms with Crippen LogP contribution in [0.15, 0.2) is 17.0 Å². The fourth-order valence-corrected chi connectivity index (χ4v) is 3.93. The molecule has 0 aliphatic carbocycles. The third-order valence-corrected chi connectivity index (χ3v) is 4.83. The van der Waals surface area contributed by atoms with E-state index in [0.717, 1.165) is 9.86 Å². The first-order chi connectivity index (χ1) is 10.9. The van der Waals surface area contributed by atoms with E-state index >= 15 is 0 Å². The second-order valence-corrected chi connectivity index (χ2v) is 7.06. The normalized spacial score (nSPS) is 32.5. The molecule has 4 rings (SSSR count). The number of nitrogens with zero attached hydrogens (tertiary/aromatic N) is 3. The fourth-order valence-electron chi connectivity index (χ4n) is 3.33. The molecule has 0 amide bonds. The van der Waals surface area contributed by atoms with Crippen LogP contribution in [0.4, 0.5) is 5.82 Å². The summed E-state index contributed by atoms with van der Waals surface area (Å²) in [7, 11) is 0. The van der Waals surface area contributed by atoms with Crippen LogP contribution < -0.4 is 11.5 Å². The average molecular weight is 384 g/mol. The second-order valence-electron chi connectivity index (χ2n) is 6.21. The maximum Gasteiger partial charge on any atom is 0.164 e. The number of nitrogen functional groups attached to an aromatic ring is 1. The van der Waals surface area contributed by atoms with Crippen LogP contribution in [-0.4, -0.2) is 45.2 Å². The van der Waals surface area contributed by atoms with Crippen molar-refractivity contribution in [2.75, 3.05) is 12.3 Å². The zero-order valence-electron chi connectivity index (χ0n) is 12.8. The zero-order valence-corrected chi connectivity index (χ0v) is 14.4. The van der Waals surface area contributed by atoms with E-state index in [4.69, 9.17) is 25.7 Å². The molecule has 0 aromatic carbocycles. The van der Waals surface area contributed by atoms with Crippen molar-refractivity contribution in [3.8, 4) is 0 Å². The van der Waals surface area contributed by atoms with Crippen LogP contribution >= 0.6 is 15.9 Å². The van der Waals surface area contributed by atoms with E-state index < -0.39 is 12.0 Å². The number of rotatable bonds is 2. The molecule has 0 unspecified atom stereocenters. The van der Waals surface area contributed by atoms with Crippen LogP contribution in [-0.2, 0) is 14.2 Å². The minimum atomic E-state index is -0.668. The summed E-state index contributed by atoms with van der Waals surface area (Å²) in [5.41, 5.74) is 12.5. The minimum Gasteiger partial charge on any atom is -0.383 e. The molecule has 2 saturated heterocycles. The highest BCUT2D eigenvalue weighted by Crippen LogP contribution is 2.44. The van der Waals surface area contributed by atoms with Gasteiger partial charge in [-0.05, 0) is 29.8 Å². The third-order valence-electron chi connectivity index (χ3n) is 4.22. The van der Waals surface area contributed by atoms with Crippen molar-refractivity contribution in [2.45, 2.75) is 44.2 Å². The van der Waals surface area contributed by atoms with Crippen molar-refractivity contribution < 1.29 is 14.2 Å². The van der Waals surface area contributed by atoms with Crippen molar-refractivity contribution in [1.82, 2.24) is 14.5 Å². The van der Waals surface area contributed by atoms with Crippen molar-refractivity contribution in [1.29, 1.82) is 0 Å². The van der Waals surface area contributed by atoms with Crippen LogP contribution in [0.5, 0.6) is 0 Å². The summed E-state index contributed by atoms with van der Waals surface area (Å²) < 4.78 is 20.8. The van der Waals surface area contributed by atoms with Gasteiger partial charge in [0, 0.05) is 17.2 Å². The second kappa shape index (κ2) is 5.12. The van der Waals surface area contributed by atoms with E-state index in [1.807, 2.05) is 24.6 Å². The van der Waals surface area contributed by atoms with E-state index in [2.05, 4.69) is 25.9 Å². The molecule has 0 bridgehead atoms. The van der Waals surface area contributed by atoms with Gasteiger partial charge in [-0.3, -0.25) is 0 Å². The topological polar surface area (TPSA) is 110 Å². The molecule has 23 heavy (non-hydrogen) atoms. The van der Waals surface area contributed by atoms with E-state index in [-0.39, 0.29) is 18.3 Å². The predicted molar refractivity (Wildman–Crippen MR) is 86.4 cm³/mol. The van der Waals surface area contributed by atoms with E-state index in [1.54, 1.807) is 0 Å². The first-order valence-electron chi connectivity index (χ1n) is 7.39. The smallest absolute Gasteiger partial charge is 0.164 e. The Kier molecular flexibility index (Phi) is 3.40. The number of fused-ring (bicyclic) bond motifs is 2. The lowest BCUT2D eigenvalue weighted by Crippen LogP contribution is -2.34. The Labute approximate surface area is 141 Å². The molecule has 2 aliphatic heterocycles. The zero-order chi connectivity index (χ0) is 16.4. The van der Waals surface area contributed by atoms with E-state index in [0.29, 0.717) is 18.0 Å². The van der Waals surface area contributed by atoms with Crippen LogP contribution in [0.25, 0.3) is 11.0 Å². The summed E-state index contributed by atoms with van der Waals surface area (Å²) in [4.78, 5) is 8.38. The molecule has 2 aromatic heterocycles. The van der Waals surface area contributed by atoms with E-state index in [1.165, 1.54) is 6.33 Å². The summed E-state index contributed by atoms with van der Waals surface area (Å²) in [5, 5.41) is 0.752. The molecule has 2 aliphatic rings. The largest absolute Gasteiger partial charge is 0.383 e. The minimum absolute atomic E-state index is 0.213. The SMILES string of the molecule is CC1(C)O[C@@H]2[C@H](O1)[C@@H](CN)O[C@H]2n1cc(Br)c2c(N)ncnc21. The summed E-state index contributed by atoms with van der Waals surface area (Å²) in [6, 6.07) is 0. The van der Waals surface area contributed by atoms with Gasteiger partial charge in [0.15, 0.2) is 12.0 Å². The number of aromatic nitrogens is 3.